The number of carbonyl (C=O) groups excluding carboxylic acids is 1. The highest BCUT2D eigenvalue weighted by Crippen LogP contribution is 2.25. The monoisotopic (exact) mass is 485 g/mol. The molecule has 2 N–H and O–H groups in total. The first-order valence-electron chi connectivity index (χ1n) is 10.8. The minimum atomic E-state index is -0.631. The Morgan fingerprint density at radius 1 is 1.00 bits per heavy atom. The molecule has 2 aromatic heterocycles. The third kappa shape index (κ3) is 4.27. The Morgan fingerprint density at radius 2 is 1.69 bits per heavy atom. The van der Waals surface area contributed by atoms with Crippen molar-refractivity contribution < 1.29 is 4.79 Å². The van der Waals surface area contributed by atoms with Gasteiger partial charge in [-0.15, -0.1) is 4.68 Å². The van der Waals surface area contributed by atoms with E-state index in [4.69, 9.17) is 11.6 Å². The zero-order chi connectivity index (χ0) is 24.5. The summed E-state index contributed by atoms with van der Waals surface area (Å²) >= 11 is 5.92. The van der Waals surface area contributed by atoms with Crippen molar-refractivity contribution in [1.29, 1.82) is 0 Å². The van der Waals surface area contributed by atoms with E-state index in [9.17, 15) is 14.4 Å². The predicted molar refractivity (Wildman–Crippen MR) is 139 cm³/mol. The number of H-pyrrole nitrogens is 1. The smallest absolute Gasteiger partial charge is 0.335 e. The van der Waals surface area contributed by atoms with Crippen molar-refractivity contribution in [3.8, 4) is 0 Å². The Kier molecular flexibility index (Phi) is 5.80. The van der Waals surface area contributed by atoms with Crippen LogP contribution in [-0.4, -0.2) is 26.3 Å². The Balaban J connectivity index is 1.52. The minimum Gasteiger partial charge on any atom is -0.335 e. The second kappa shape index (κ2) is 9.08. The van der Waals surface area contributed by atoms with Gasteiger partial charge in [-0.1, -0.05) is 41.9 Å². The topological polar surface area (TPSA) is 101 Å². The fourth-order valence-corrected chi connectivity index (χ4v) is 4.20. The van der Waals surface area contributed by atoms with E-state index in [0.29, 0.717) is 27.2 Å². The molecule has 0 saturated carbocycles. The van der Waals surface area contributed by atoms with Crippen molar-refractivity contribution in [2.24, 2.45) is 5.10 Å². The van der Waals surface area contributed by atoms with Crippen LogP contribution >= 0.6 is 11.6 Å². The van der Waals surface area contributed by atoms with Crippen molar-refractivity contribution in [2.45, 2.75) is 13.5 Å². The second-order valence-corrected chi connectivity index (χ2v) is 8.43. The highest BCUT2D eigenvalue weighted by atomic mass is 35.5. The van der Waals surface area contributed by atoms with E-state index in [1.165, 1.54) is 6.21 Å². The van der Waals surface area contributed by atoms with Crippen LogP contribution in [0.25, 0.3) is 21.8 Å². The van der Waals surface area contributed by atoms with Crippen LogP contribution in [0.4, 0.5) is 5.69 Å². The number of aromatic amines is 1. The van der Waals surface area contributed by atoms with Gasteiger partial charge < -0.3 is 14.9 Å². The minimum absolute atomic E-state index is 0.0688. The van der Waals surface area contributed by atoms with E-state index in [2.05, 4.69) is 15.4 Å². The predicted octanol–water partition coefficient (Wildman–Crippen LogP) is 4.13. The summed E-state index contributed by atoms with van der Waals surface area (Å²) in [6.45, 7) is 1.93. The Labute approximate surface area is 204 Å². The molecule has 35 heavy (non-hydrogen) atoms. The van der Waals surface area contributed by atoms with Crippen molar-refractivity contribution in [2.75, 3.05) is 5.32 Å². The number of nitrogens with one attached hydrogen (secondary N) is 2. The van der Waals surface area contributed by atoms with Gasteiger partial charge in [0.05, 0.1) is 17.1 Å². The summed E-state index contributed by atoms with van der Waals surface area (Å²) in [4.78, 5) is 40.8. The SMILES string of the molecule is Cc1c(C=Nn2c(=O)[nH]c3ccccc3c2=O)c2ccccc2n1CC(=O)Nc1ccc(Cl)cc1. The van der Waals surface area contributed by atoms with Gasteiger partial charge >= 0.3 is 5.69 Å². The first-order chi connectivity index (χ1) is 16.9. The zero-order valence-electron chi connectivity index (χ0n) is 18.7. The maximum Gasteiger partial charge on any atom is 0.349 e. The van der Waals surface area contributed by atoms with Crippen molar-refractivity contribution in [3.63, 3.8) is 0 Å². The molecule has 0 aliphatic heterocycles. The third-order valence-electron chi connectivity index (χ3n) is 5.80. The molecular weight excluding hydrogens is 466 g/mol. The molecule has 0 spiro atoms. The van der Waals surface area contributed by atoms with Crippen LogP contribution in [0.3, 0.4) is 0 Å². The van der Waals surface area contributed by atoms with E-state index >= 15 is 0 Å². The zero-order valence-corrected chi connectivity index (χ0v) is 19.4. The number of carbonyl (C=O) groups is 1. The van der Waals surface area contributed by atoms with Crippen LogP contribution in [0.5, 0.6) is 0 Å². The van der Waals surface area contributed by atoms with Gasteiger partial charge in [0.1, 0.15) is 6.54 Å². The highest BCUT2D eigenvalue weighted by molar-refractivity contribution is 6.30. The molecule has 1 amide bonds. The molecule has 5 rings (SSSR count). The average molecular weight is 486 g/mol. The maximum absolute atomic E-state index is 12.8. The number of benzene rings is 3. The summed E-state index contributed by atoms with van der Waals surface area (Å²) in [6, 6.07) is 21.2. The molecule has 9 heteroatoms. The molecule has 0 aliphatic rings. The number of hydrogen-bond acceptors (Lipinski definition) is 4. The molecule has 5 aromatic rings. The Bertz CT molecular complexity index is 1730. The fourth-order valence-electron chi connectivity index (χ4n) is 4.08. The number of amides is 1. The van der Waals surface area contributed by atoms with Crippen molar-refractivity contribution >= 4 is 51.2 Å². The molecular formula is C26H20ClN5O3. The number of para-hydroxylation sites is 2. The van der Waals surface area contributed by atoms with Crippen LogP contribution < -0.4 is 16.6 Å². The lowest BCUT2D eigenvalue weighted by atomic mass is 10.1. The molecule has 0 fully saturated rings. The maximum atomic E-state index is 12.8. The standard InChI is InChI=1S/C26H20ClN5O3/c1-16-21(14-28-32-25(34)20-7-2-4-8-22(20)30-26(32)35)19-6-3-5-9-23(19)31(16)15-24(33)29-18-12-10-17(27)11-13-18/h2-14H,15H2,1H3,(H,29,33)(H,30,35). The summed E-state index contributed by atoms with van der Waals surface area (Å²) in [7, 11) is 0. The highest BCUT2D eigenvalue weighted by Gasteiger charge is 2.15. The number of halogens is 1. The number of anilines is 1. The molecule has 3 aromatic carbocycles. The van der Waals surface area contributed by atoms with Gasteiger partial charge in [-0.3, -0.25) is 9.59 Å². The van der Waals surface area contributed by atoms with E-state index in [1.807, 2.05) is 35.8 Å². The van der Waals surface area contributed by atoms with Crippen LogP contribution in [-0.2, 0) is 11.3 Å². The molecule has 2 heterocycles. The molecule has 0 bridgehead atoms. The van der Waals surface area contributed by atoms with Crippen molar-refractivity contribution in [1.82, 2.24) is 14.2 Å². The number of fused-ring (bicyclic) bond motifs is 2. The van der Waals surface area contributed by atoms with E-state index < -0.39 is 11.2 Å². The lowest BCUT2D eigenvalue weighted by molar-refractivity contribution is -0.116. The van der Waals surface area contributed by atoms with Gasteiger partial charge in [-0.2, -0.15) is 5.10 Å². The summed E-state index contributed by atoms with van der Waals surface area (Å²) in [5, 5.41) is 8.88. The van der Waals surface area contributed by atoms with Crippen LogP contribution in [0.15, 0.2) is 87.5 Å². The van der Waals surface area contributed by atoms with Gasteiger partial charge in [0.2, 0.25) is 5.91 Å². The molecule has 0 aliphatic carbocycles. The van der Waals surface area contributed by atoms with Gasteiger partial charge in [-0.05, 0) is 49.4 Å². The lowest BCUT2D eigenvalue weighted by Crippen LogP contribution is -2.32. The number of rotatable bonds is 5. The summed E-state index contributed by atoms with van der Waals surface area (Å²) in [6.07, 6.45) is 1.48. The quantitative estimate of drug-likeness (QED) is 0.366. The van der Waals surface area contributed by atoms with E-state index in [-0.39, 0.29) is 12.5 Å². The van der Waals surface area contributed by atoms with Gasteiger partial charge in [0.15, 0.2) is 0 Å². The average Bonchev–Trinajstić information content (AvgIpc) is 3.11. The normalized spacial score (nSPS) is 11.5. The van der Waals surface area contributed by atoms with Crippen LogP contribution in [0, 0.1) is 6.92 Å². The molecule has 0 atom stereocenters. The molecule has 0 saturated heterocycles. The summed E-state index contributed by atoms with van der Waals surface area (Å²) < 4.78 is 2.68. The molecule has 8 nitrogen and oxygen atoms in total. The fraction of sp³-hybridized carbons (Fsp3) is 0.0769. The van der Waals surface area contributed by atoms with Crippen LogP contribution in [0.2, 0.25) is 5.02 Å². The molecule has 0 radical (unpaired) electrons. The van der Waals surface area contributed by atoms with E-state index in [1.54, 1.807) is 48.5 Å². The Hall–Kier alpha value is -4.43. The largest absolute Gasteiger partial charge is 0.349 e. The second-order valence-electron chi connectivity index (χ2n) is 7.99. The summed E-state index contributed by atoms with van der Waals surface area (Å²) in [5.41, 5.74) is 2.26. The van der Waals surface area contributed by atoms with E-state index in [0.717, 1.165) is 21.3 Å². The first kappa shape index (κ1) is 22.4. The van der Waals surface area contributed by atoms with Gasteiger partial charge in [0, 0.05) is 32.9 Å². The number of aromatic nitrogens is 3. The Morgan fingerprint density at radius 3 is 2.46 bits per heavy atom. The van der Waals surface area contributed by atoms with Crippen molar-refractivity contribution in [3.05, 3.63) is 110 Å². The third-order valence-corrected chi connectivity index (χ3v) is 6.05. The number of hydrogen-bond donors (Lipinski definition) is 2. The number of nitrogens with zero attached hydrogens (tertiary/aromatic N) is 3. The molecule has 0 unspecified atom stereocenters. The first-order valence-corrected chi connectivity index (χ1v) is 11.2. The van der Waals surface area contributed by atoms with Crippen LogP contribution in [0.1, 0.15) is 11.3 Å². The van der Waals surface area contributed by atoms with Gasteiger partial charge in [0.25, 0.3) is 5.56 Å². The van der Waals surface area contributed by atoms with Gasteiger partial charge in [-0.25, -0.2) is 4.79 Å². The lowest BCUT2D eigenvalue weighted by Gasteiger charge is -2.09. The summed E-state index contributed by atoms with van der Waals surface area (Å²) in [5.74, 6) is -0.207. The molecule has 174 valence electrons.